The van der Waals surface area contributed by atoms with Crippen molar-refractivity contribution in [2.75, 3.05) is 19.0 Å². The molecule has 0 spiro atoms. The van der Waals surface area contributed by atoms with Gasteiger partial charge in [0.15, 0.2) is 6.61 Å². The summed E-state index contributed by atoms with van der Waals surface area (Å²) in [4.78, 5) is 34.5. The maximum Gasteiger partial charge on any atom is 0.329 e. The molecule has 0 aromatic heterocycles. The number of hydrogen-bond acceptors (Lipinski definition) is 5. The number of hydrazone groups is 1. The van der Waals surface area contributed by atoms with Gasteiger partial charge in [0.2, 0.25) is 0 Å². The van der Waals surface area contributed by atoms with Crippen LogP contribution in [-0.4, -0.2) is 37.6 Å². The summed E-state index contributed by atoms with van der Waals surface area (Å²) >= 11 is 11.8. The molecule has 0 radical (unpaired) electrons. The third-order valence-electron chi connectivity index (χ3n) is 3.29. The van der Waals surface area contributed by atoms with Gasteiger partial charge in [-0.2, -0.15) is 5.10 Å². The lowest BCUT2D eigenvalue weighted by molar-refractivity contribution is -0.138. The largest absolute Gasteiger partial charge is 0.483 e. The third kappa shape index (κ3) is 6.26. The van der Waals surface area contributed by atoms with Crippen LogP contribution in [0.4, 0.5) is 5.69 Å². The molecule has 0 saturated carbocycles. The first-order valence-electron chi connectivity index (χ1n) is 7.92. The molecular weight excluding hydrogens is 407 g/mol. The van der Waals surface area contributed by atoms with E-state index < -0.39 is 17.7 Å². The van der Waals surface area contributed by atoms with Crippen molar-refractivity contribution in [3.63, 3.8) is 0 Å². The highest BCUT2D eigenvalue weighted by Gasteiger charge is 2.10. The Balaban J connectivity index is 1.96. The average Bonchev–Trinajstić information content (AvgIpc) is 2.68. The molecule has 2 aromatic carbocycles. The molecule has 0 fully saturated rings. The lowest BCUT2D eigenvalue weighted by Gasteiger charge is -2.10. The number of rotatable bonds is 6. The van der Waals surface area contributed by atoms with E-state index in [0.29, 0.717) is 27.0 Å². The van der Waals surface area contributed by atoms with Crippen molar-refractivity contribution in [1.29, 1.82) is 0 Å². The van der Waals surface area contributed by atoms with E-state index in [0.717, 1.165) is 0 Å². The van der Waals surface area contributed by atoms with E-state index in [1.54, 1.807) is 36.4 Å². The number of halogens is 2. The van der Waals surface area contributed by atoms with Crippen molar-refractivity contribution in [2.45, 2.75) is 0 Å². The predicted molar refractivity (Wildman–Crippen MR) is 107 cm³/mol. The van der Waals surface area contributed by atoms with Crippen LogP contribution in [0.15, 0.2) is 47.6 Å². The number of nitrogens with one attached hydrogen (secondary N) is 3. The lowest BCUT2D eigenvalue weighted by Crippen LogP contribution is -2.35. The Morgan fingerprint density at radius 3 is 2.57 bits per heavy atom. The number of para-hydroxylation sites is 1. The first-order valence-corrected chi connectivity index (χ1v) is 8.68. The van der Waals surface area contributed by atoms with Crippen LogP contribution in [0.3, 0.4) is 0 Å². The zero-order chi connectivity index (χ0) is 20.5. The highest BCUT2D eigenvalue weighted by molar-refractivity contribution is 6.36. The van der Waals surface area contributed by atoms with E-state index in [-0.39, 0.29) is 6.61 Å². The maximum atomic E-state index is 12.1. The molecule has 0 aliphatic heterocycles. The smallest absolute Gasteiger partial charge is 0.329 e. The van der Waals surface area contributed by atoms with Crippen molar-refractivity contribution in [2.24, 2.45) is 5.10 Å². The topological polar surface area (TPSA) is 109 Å². The molecule has 10 heteroatoms. The highest BCUT2D eigenvalue weighted by atomic mass is 35.5. The average molecular weight is 423 g/mol. The number of likely N-dealkylation sites (N-methyl/N-ethyl adjacent to an activating group) is 1. The minimum atomic E-state index is -0.906. The number of nitrogens with zero attached hydrogens (tertiary/aromatic N) is 1. The summed E-state index contributed by atoms with van der Waals surface area (Å²) in [7, 11) is 1.33. The van der Waals surface area contributed by atoms with Gasteiger partial charge < -0.3 is 15.4 Å². The fraction of sp³-hybridized carbons (Fsp3) is 0.111. The van der Waals surface area contributed by atoms with Crippen LogP contribution in [0.25, 0.3) is 0 Å². The molecule has 2 rings (SSSR count). The summed E-state index contributed by atoms with van der Waals surface area (Å²) in [6.07, 6.45) is 1.30. The van der Waals surface area contributed by atoms with E-state index in [1.165, 1.54) is 19.3 Å². The quantitative estimate of drug-likeness (QED) is 0.376. The molecule has 0 unspecified atom stereocenters. The Morgan fingerprint density at radius 2 is 1.86 bits per heavy atom. The molecule has 0 bridgehead atoms. The van der Waals surface area contributed by atoms with Gasteiger partial charge >= 0.3 is 11.8 Å². The number of carbonyl (C=O) groups excluding carboxylic acids is 3. The van der Waals surface area contributed by atoms with E-state index in [9.17, 15) is 14.4 Å². The molecule has 2 aromatic rings. The molecule has 0 saturated heterocycles. The fourth-order valence-corrected chi connectivity index (χ4v) is 2.42. The maximum absolute atomic E-state index is 12.1. The highest BCUT2D eigenvalue weighted by Crippen LogP contribution is 2.25. The van der Waals surface area contributed by atoms with E-state index in [1.807, 2.05) is 0 Å². The summed E-state index contributed by atoms with van der Waals surface area (Å²) in [5.41, 5.74) is 2.98. The standard InChI is InChI=1S/C18H16Cl2N4O4/c1-21-17(26)18(27)24-22-9-11-4-2-3-5-15(11)28-10-16(25)23-14-7-6-12(19)8-13(14)20/h2-9H,10H2,1H3,(H,21,26)(H,23,25)(H,24,27)/b22-9-. The molecule has 146 valence electrons. The van der Waals surface area contributed by atoms with E-state index >= 15 is 0 Å². The van der Waals surface area contributed by atoms with Crippen molar-refractivity contribution >= 4 is 52.8 Å². The first kappa shape index (κ1) is 21.2. The van der Waals surface area contributed by atoms with Crippen LogP contribution in [-0.2, 0) is 14.4 Å². The number of ether oxygens (including phenoxy) is 1. The Morgan fingerprint density at radius 1 is 1.11 bits per heavy atom. The Bertz CT molecular complexity index is 918. The number of carbonyl (C=O) groups is 3. The van der Waals surface area contributed by atoms with Gasteiger partial charge in [0.05, 0.1) is 16.9 Å². The summed E-state index contributed by atoms with van der Waals surface area (Å²) in [6.45, 7) is -0.283. The van der Waals surface area contributed by atoms with Crippen LogP contribution in [0, 0.1) is 0 Å². The van der Waals surface area contributed by atoms with Crippen molar-refractivity contribution in [3.8, 4) is 5.75 Å². The first-order chi connectivity index (χ1) is 13.4. The number of benzene rings is 2. The van der Waals surface area contributed by atoms with Gasteiger partial charge in [-0.1, -0.05) is 35.3 Å². The Hall–Kier alpha value is -3.10. The van der Waals surface area contributed by atoms with Gasteiger partial charge in [-0.05, 0) is 30.3 Å². The molecule has 3 amide bonds. The second-order valence-corrected chi connectivity index (χ2v) is 6.12. The van der Waals surface area contributed by atoms with Gasteiger partial charge in [-0.25, -0.2) is 5.43 Å². The number of hydrogen-bond donors (Lipinski definition) is 3. The third-order valence-corrected chi connectivity index (χ3v) is 3.83. The molecule has 0 aliphatic carbocycles. The SMILES string of the molecule is CNC(=O)C(=O)N/N=C\c1ccccc1OCC(=O)Nc1ccc(Cl)cc1Cl. The van der Waals surface area contributed by atoms with Crippen LogP contribution in [0.5, 0.6) is 5.75 Å². The van der Waals surface area contributed by atoms with Crippen molar-refractivity contribution in [1.82, 2.24) is 10.7 Å². The summed E-state index contributed by atoms with van der Waals surface area (Å²) in [6, 6.07) is 11.4. The monoisotopic (exact) mass is 422 g/mol. The molecule has 0 aliphatic rings. The Labute approximate surface area is 170 Å². The molecule has 3 N–H and O–H groups in total. The van der Waals surface area contributed by atoms with Crippen molar-refractivity contribution in [3.05, 3.63) is 58.1 Å². The normalized spacial score (nSPS) is 10.4. The minimum absolute atomic E-state index is 0.283. The predicted octanol–water partition coefficient (Wildman–Crippen LogP) is 2.21. The van der Waals surface area contributed by atoms with Gasteiger partial charge in [0, 0.05) is 17.6 Å². The lowest BCUT2D eigenvalue weighted by atomic mass is 10.2. The summed E-state index contributed by atoms with van der Waals surface area (Å²) in [5.74, 6) is -1.79. The number of amides is 3. The number of anilines is 1. The van der Waals surface area contributed by atoms with Crippen LogP contribution < -0.4 is 20.8 Å². The summed E-state index contributed by atoms with van der Waals surface area (Å²) < 4.78 is 5.50. The molecule has 0 heterocycles. The summed E-state index contributed by atoms with van der Waals surface area (Å²) in [5, 5.41) is 9.24. The molecular formula is C18H16Cl2N4O4. The van der Waals surface area contributed by atoms with Gasteiger partial charge in [-0.3, -0.25) is 14.4 Å². The van der Waals surface area contributed by atoms with Crippen molar-refractivity contribution < 1.29 is 19.1 Å². The van der Waals surface area contributed by atoms with Crippen LogP contribution >= 0.6 is 23.2 Å². The fourth-order valence-electron chi connectivity index (χ4n) is 1.96. The van der Waals surface area contributed by atoms with Gasteiger partial charge in [-0.15, -0.1) is 0 Å². The Kier molecular flexibility index (Phi) is 7.79. The molecule has 8 nitrogen and oxygen atoms in total. The van der Waals surface area contributed by atoms with Crippen LogP contribution in [0.2, 0.25) is 10.0 Å². The molecule has 0 atom stereocenters. The van der Waals surface area contributed by atoms with Gasteiger partial charge in [0.25, 0.3) is 5.91 Å². The molecule has 28 heavy (non-hydrogen) atoms. The van der Waals surface area contributed by atoms with Gasteiger partial charge in [0.1, 0.15) is 5.75 Å². The van der Waals surface area contributed by atoms with E-state index in [2.05, 4.69) is 21.2 Å². The second kappa shape index (κ2) is 10.3. The zero-order valence-electron chi connectivity index (χ0n) is 14.7. The minimum Gasteiger partial charge on any atom is -0.483 e. The second-order valence-electron chi connectivity index (χ2n) is 5.28. The van der Waals surface area contributed by atoms with E-state index in [4.69, 9.17) is 27.9 Å². The zero-order valence-corrected chi connectivity index (χ0v) is 16.2. The van der Waals surface area contributed by atoms with Crippen LogP contribution in [0.1, 0.15) is 5.56 Å².